The summed E-state index contributed by atoms with van der Waals surface area (Å²) in [5.41, 5.74) is 10.6. The van der Waals surface area contributed by atoms with Crippen molar-refractivity contribution in [3.8, 4) is 11.5 Å². The van der Waals surface area contributed by atoms with Gasteiger partial charge in [-0.15, -0.1) is 0 Å². The third-order valence-corrected chi connectivity index (χ3v) is 7.68. The van der Waals surface area contributed by atoms with Crippen LogP contribution in [0.25, 0.3) is 6.08 Å². The number of hydrogen-bond acceptors (Lipinski definition) is 5. The minimum Gasteiger partial charge on any atom is -0.451 e. The zero-order chi connectivity index (χ0) is 28.3. The first-order valence-electron chi connectivity index (χ1n) is 10.6. The Balaban J connectivity index is 1.76. The molecule has 0 spiro atoms. The van der Waals surface area contributed by atoms with E-state index in [1.165, 1.54) is 49.4 Å². The summed E-state index contributed by atoms with van der Waals surface area (Å²) in [6, 6.07) is 11.6. The van der Waals surface area contributed by atoms with Gasteiger partial charge in [0.25, 0.3) is 5.91 Å². The van der Waals surface area contributed by atoms with Gasteiger partial charge >= 0.3 is 7.60 Å². The number of nitrogens with zero attached hydrogens (tertiary/aromatic N) is 1. The molecule has 200 valence electrons. The molecule has 3 aromatic rings. The average molecular weight is 565 g/mol. The summed E-state index contributed by atoms with van der Waals surface area (Å²) in [6.45, 7) is 1.36. The van der Waals surface area contributed by atoms with Crippen molar-refractivity contribution >= 4 is 40.7 Å². The molecule has 0 heterocycles. The molecule has 0 aliphatic carbocycles. The maximum absolute atomic E-state index is 14.6. The highest BCUT2D eigenvalue weighted by atomic mass is 32.2. The number of benzene rings is 3. The van der Waals surface area contributed by atoms with Crippen molar-refractivity contribution in [1.29, 1.82) is 0 Å². The molecule has 0 atom stereocenters. The standard InChI is InChI=1S/C24H22F2N3O7PS/c1-14(23(30)29-24(27)28)10-16-11-20(25)22(21(26)12-16)36-17-4-8-19(9-5-17)38(34,35)13-15-2-6-18(7-3-15)37(31,32)33/h2-12H,13H2,1H3,(H2,31,32,33)(H4,27,28,29,30)/b14-10+. The zero-order valence-corrected chi connectivity index (χ0v) is 21.4. The summed E-state index contributed by atoms with van der Waals surface area (Å²) in [5, 5.41) is -0.238. The van der Waals surface area contributed by atoms with Crippen LogP contribution in [0.2, 0.25) is 0 Å². The van der Waals surface area contributed by atoms with Crippen LogP contribution in [0.3, 0.4) is 0 Å². The first-order valence-corrected chi connectivity index (χ1v) is 13.9. The number of ether oxygens (including phenoxy) is 1. The van der Waals surface area contributed by atoms with Crippen molar-refractivity contribution in [2.75, 3.05) is 0 Å². The average Bonchev–Trinajstić information content (AvgIpc) is 2.81. The van der Waals surface area contributed by atoms with E-state index < -0.39 is 52.4 Å². The first kappa shape index (κ1) is 28.7. The van der Waals surface area contributed by atoms with Crippen molar-refractivity contribution in [3.63, 3.8) is 0 Å². The number of rotatable bonds is 8. The summed E-state index contributed by atoms with van der Waals surface area (Å²) < 4.78 is 71.1. The molecule has 0 saturated carbocycles. The van der Waals surface area contributed by atoms with Gasteiger partial charge in [0.2, 0.25) is 0 Å². The predicted octanol–water partition coefficient (Wildman–Crippen LogP) is 2.74. The fourth-order valence-corrected chi connectivity index (χ4v) is 5.09. The number of nitrogens with two attached hydrogens (primary N) is 2. The van der Waals surface area contributed by atoms with Crippen molar-refractivity contribution in [3.05, 3.63) is 89.0 Å². The lowest BCUT2D eigenvalue weighted by atomic mass is 10.1. The number of hydrogen-bond donors (Lipinski definition) is 4. The first-order chi connectivity index (χ1) is 17.7. The Bertz CT molecular complexity index is 1560. The van der Waals surface area contributed by atoms with Crippen molar-refractivity contribution in [2.24, 2.45) is 16.5 Å². The SMILES string of the molecule is C/C(=C\c1cc(F)c(Oc2ccc(S(=O)(=O)Cc3ccc(P(=O)(O)O)cc3)cc2)c(F)c1)C(=O)N=C(N)N. The van der Waals surface area contributed by atoms with E-state index in [1.54, 1.807) is 0 Å². The number of carbonyl (C=O) groups excluding carboxylic acids is 1. The molecular weight excluding hydrogens is 543 g/mol. The zero-order valence-electron chi connectivity index (χ0n) is 19.7. The molecule has 3 rings (SSSR count). The summed E-state index contributed by atoms with van der Waals surface area (Å²) in [5.74, 6) is -4.62. The number of sulfone groups is 1. The molecule has 0 aromatic heterocycles. The molecule has 0 saturated heterocycles. The van der Waals surface area contributed by atoms with Gasteiger partial charge in [-0.05, 0) is 72.7 Å². The second-order valence-corrected chi connectivity index (χ2v) is 11.6. The monoisotopic (exact) mass is 565 g/mol. The van der Waals surface area contributed by atoms with Crippen molar-refractivity contribution in [2.45, 2.75) is 17.6 Å². The molecule has 38 heavy (non-hydrogen) atoms. The minimum atomic E-state index is -4.45. The lowest BCUT2D eigenvalue weighted by Crippen LogP contribution is -2.24. The topological polar surface area (TPSA) is 182 Å². The number of halogens is 2. The normalized spacial score (nSPS) is 12.2. The van der Waals surface area contributed by atoms with Gasteiger partial charge in [0.15, 0.2) is 33.2 Å². The second kappa shape index (κ2) is 11.2. The van der Waals surface area contributed by atoms with E-state index >= 15 is 0 Å². The highest BCUT2D eigenvalue weighted by Crippen LogP contribution is 2.33. The van der Waals surface area contributed by atoms with Gasteiger partial charge in [0.05, 0.1) is 16.0 Å². The lowest BCUT2D eigenvalue weighted by molar-refractivity contribution is -0.114. The summed E-state index contributed by atoms with van der Waals surface area (Å²) in [7, 11) is -8.31. The van der Waals surface area contributed by atoms with Crippen molar-refractivity contribution in [1.82, 2.24) is 0 Å². The molecule has 0 aliphatic heterocycles. The van der Waals surface area contributed by atoms with Gasteiger partial charge in [-0.25, -0.2) is 17.2 Å². The van der Waals surface area contributed by atoms with E-state index in [4.69, 9.17) is 26.0 Å². The van der Waals surface area contributed by atoms with Crippen LogP contribution in [0, 0.1) is 11.6 Å². The number of amides is 1. The predicted molar refractivity (Wildman–Crippen MR) is 136 cm³/mol. The van der Waals surface area contributed by atoms with Gasteiger partial charge in [-0.1, -0.05) is 12.1 Å². The van der Waals surface area contributed by atoms with Crippen LogP contribution < -0.4 is 21.5 Å². The summed E-state index contributed by atoms with van der Waals surface area (Å²) in [6.07, 6.45) is 1.18. The van der Waals surface area contributed by atoms with Gasteiger partial charge in [0, 0.05) is 5.57 Å². The molecule has 6 N–H and O–H groups in total. The molecule has 14 heteroatoms. The third-order valence-electron chi connectivity index (χ3n) is 5.00. The van der Waals surface area contributed by atoms with Crippen LogP contribution >= 0.6 is 7.60 Å². The van der Waals surface area contributed by atoms with E-state index in [0.717, 1.165) is 24.3 Å². The van der Waals surface area contributed by atoms with Crippen LogP contribution in [0.1, 0.15) is 18.1 Å². The van der Waals surface area contributed by atoms with E-state index in [2.05, 4.69) is 4.99 Å². The fraction of sp³-hybridized carbons (Fsp3) is 0.0833. The Labute approximate surface area is 216 Å². The summed E-state index contributed by atoms with van der Waals surface area (Å²) in [4.78, 5) is 33.3. The Kier molecular flexibility index (Phi) is 8.48. The molecule has 1 amide bonds. The number of aliphatic imine (C=N–C) groups is 1. The van der Waals surface area contributed by atoms with Crippen molar-refractivity contribution < 1.29 is 41.1 Å². The van der Waals surface area contributed by atoms with Crippen LogP contribution in [-0.2, 0) is 24.9 Å². The van der Waals surface area contributed by atoms with Gasteiger partial charge in [0.1, 0.15) is 5.75 Å². The molecule has 3 aromatic carbocycles. The minimum absolute atomic E-state index is 0.0132. The van der Waals surface area contributed by atoms with E-state index in [-0.39, 0.29) is 27.1 Å². The Morgan fingerprint density at radius 3 is 2.08 bits per heavy atom. The second-order valence-electron chi connectivity index (χ2n) is 8.03. The van der Waals surface area contributed by atoms with Crippen LogP contribution in [0.15, 0.2) is 76.1 Å². The van der Waals surface area contributed by atoms with E-state index in [9.17, 15) is 26.6 Å². The maximum Gasteiger partial charge on any atom is 0.356 e. The third kappa shape index (κ3) is 7.33. The van der Waals surface area contributed by atoms with Crippen LogP contribution in [0.5, 0.6) is 11.5 Å². The molecule has 10 nitrogen and oxygen atoms in total. The number of guanidine groups is 1. The lowest BCUT2D eigenvalue weighted by Gasteiger charge is -2.11. The quantitative estimate of drug-likeness (QED) is 0.138. The molecule has 0 radical (unpaired) electrons. The van der Waals surface area contributed by atoms with Gasteiger partial charge < -0.3 is 26.0 Å². The van der Waals surface area contributed by atoms with Gasteiger partial charge in [-0.3, -0.25) is 9.36 Å². The Morgan fingerprint density at radius 2 is 1.58 bits per heavy atom. The Morgan fingerprint density at radius 1 is 1.03 bits per heavy atom. The Hall–Kier alpha value is -3.90. The highest BCUT2D eigenvalue weighted by Gasteiger charge is 2.20. The molecule has 0 aliphatic rings. The van der Waals surface area contributed by atoms with Crippen LogP contribution in [0.4, 0.5) is 8.78 Å². The van der Waals surface area contributed by atoms with Crippen LogP contribution in [-0.4, -0.2) is 30.1 Å². The van der Waals surface area contributed by atoms with E-state index in [0.29, 0.717) is 5.56 Å². The maximum atomic E-state index is 14.6. The summed E-state index contributed by atoms with van der Waals surface area (Å²) >= 11 is 0. The smallest absolute Gasteiger partial charge is 0.356 e. The van der Waals surface area contributed by atoms with E-state index in [1.807, 2.05) is 0 Å². The highest BCUT2D eigenvalue weighted by molar-refractivity contribution is 7.90. The fourth-order valence-electron chi connectivity index (χ4n) is 3.20. The largest absolute Gasteiger partial charge is 0.451 e. The molecular formula is C24H22F2N3O7PS. The van der Waals surface area contributed by atoms with Gasteiger partial charge in [-0.2, -0.15) is 4.99 Å². The number of carbonyl (C=O) groups is 1. The molecule has 0 bridgehead atoms. The molecule has 0 unspecified atom stereocenters. The molecule has 0 fully saturated rings.